The number of nitrogens with zero attached hydrogens (tertiary/aromatic N) is 2. The lowest BCUT2D eigenvalue weighted by Gasteiger charge is -2.59. The van der Waals surface area contributed by atoms with E-state index in [9.17, 15) is 5.11 Å². The van der Waals surface area contributed by atoms with Gasteiger partial charge in [0, 0.05) is 44.4 Å². The van der Waals surface area contributed by atoms with Gasteiger partial charge in [0.15, 0.2) is 0 Å². The summed E-state index contributed by atoms with van der Waals surface area (Å²) in [6.45, 7) is 4.16. The van der Waals surface area contributed by atoms with Gasteiger partial charge >= 0.3 is 0 Å². The van der Waals surface area contributed by atoms with E-state index in [4.69, 9.17) is 0 Å². The summed E-state index contributed by atoms with van der Waals surface area (Å²) in [6.07, 6.45) is 14.3. The molecule has 6 fully saturated rings. The van der Waals surface area contributed by atoms with Crippen LogP contribution in [0, 0.1) is 23.7 Å². The molecule has 6 aliphatic rings. The van der Waals surface area contributed by atoms with Gasteiger partial charge in [-0.05, 0) is 75.0 Å². The van der Waals surface area contributed by atoms with Gasteiger partial charge in [-0.3, -0.25) is 9.80 Å². The quantitative estimate of drug-likeness (QED) is 0.857. The van der Waals surface area contributed by atoms with Gasteiger partial charge in [0.05, 0.1) is 0 Å². The molecule has 0 aromatic heterocycles. The molecular formula is C21H36N2O. The molecule has 5 saturated carbocycles. The first-order chi connectivity index (χ1) is 11.8. The van der Waals surface area contributed by atoms with Crippen LogP contribution in [0.3, 0.4) is 0 Å². The molecule has 3 heteroatoms. The molecule has 24 heavy (non-hydrogen) atoms. The summed E-state index contributed by atoms with van der Waals surface area (Å²) in [7, 11) is 0. The Morgan fingerprint density at radius 2 is 1.50 bits per heavy atom. The second-order valence-electron chi connectivity index (χ2n) is 9.76. The van der Waals surface area contributed by atoms with E-state index in [2.05, 4.69) is 9.80 Å². The molecule has 1 atom stereocenters. The van der Waals surface area contributed by atoms with Gasteiger partial charge in [0.25, 0.3) is 0 Å². The highest BCUT2D eigenvalue weighted by Crippen LogP contribution is 2.55. The fourth-order valence-electron chi connectivity index (χ4n) is 7.78. The lowest BCUT2D eigenvalue weighted by atomic mass is 9.53. The molecular weight excluding hydrogens is 296 g/mol. The first-order valence-electron chi connectivity index (χ1n) is 10.9. The van der Waals surface area contributed by atoms with Crippen molar-refractivity contribution in [2.24, 2.45) is 23.7 Å². The van der Waals surface area contributed by atoms with Gasteiger partial charge in [0.1, 0.15) is 0 Å². The molecule has 1 unspecified atom stereocenters. The number of rotatable bonds is 4. The molecule has 1 heterocycles. The largest absolute Gasteiger partial charge is 0.396 e. The first kappa shape index (κ1) is 16.1. The van der Waals surface area contributed by atoms with Crippen molar-refractivity contribution in [1.82, 2.24) is 9.80 Å². The van der Waals surface area contributed by atoms with Crippen molar-refractivity contribution in [3.05, 3.63) is 0 Å². The van der Waals surface area contributed by atoms with E-state index in [1.807, 2.05) is 0 Å². The van der Waals surface area contributed by atoms with Crippen molar-refractivity contribution >= 4 is 0 Å². The number of piperazine rings is 1. The Morgan fingerprint density at radius 1 is 0.833 bits per heavy atom. The molecule has 136 valence electrons. The lowest BCUT2D eigenvalue weighted by molar-refractivity contribution is -0.0910. The van der Waals surface area contributed by atoms with Crippen molar-refractivity contribution in [3.8, 4) is 0 Å². The Morgan fingerprint density at radius 3 is 2.12 bits per heavy atom. The molecule has 3 nitrogen and oxygen atoms in total. The predicted octanol–water partition coefficient (Wildman–Crippen LogP) is 3.12. The smallest absolute Gasteiger partial charge is 0.0446 e. The van der Waals surface area contributed by atoms with E-state index in [1.54, 1.807) is 6.42 Å². The maximum Gasteiger partial charge on any atom is 0.0446 e. The second kappa shape index (κ2) is 6.55. The molecule has 5 aliphatic carbocycles. The Hall–Kier alpha value is -0.120. The van der Waals surface area contributed by atoms with Crippen LogP contribution in [0.5, 0.6) is 0 Å². The summed E-state index contributed by atoms with van der Waals surface area (Å²) in [5.41, 5.74) is 0. The average Bonchev–Trinajstić information content (AvgIpc) is 3.09. The van der Waals surface area contributed by atoms with Crippen LogP contribution >= 0.6 is 0 Å². The topological polar surface area (TPSA) is 26.7 Å². The van der Waals surface area contributed by atoms with Crippen LogP contribution in [0.4, 0.5) is 0 Å². The molecule has 0 aromatic carbocycles. The maximum atomic E-state index is 9.63. The Labute approximate surface area is 147 Å². The summed E-state index contributed by atoms with van der Waals surface area (Å²) in [5.74, 6) is 4.18. The minimum absolute atomic E-state index is 0.364. The zero-order chi connectivity index (χ0) is 16.1. The number of aliphatic hydroxyl groups is 1. The van der Waals surface area contributed by atoms with Gasteiger partial charge in [-0.2, -0.15) is 0 Å². The Bertz CT molecular complexity index is 419. The van der Waals surface area contributed by atoms with E-state index in [0.717, 1.165) is 42.2 Å². The fraction of sp³-hybridized carbons (Fsp3) is 1.00. The third kappa shape index (κ3) is 2.75. The van der Waals surface area contributed by atoms with Gasteiger partial charge in [0.2, 0.25) is 0 Å². The zero-order valence-electron chi connectivity index (χ0n) is 15.3. The van der Waals surface area contributed by atoms with Crippen LogP contribution in [-0.4, -0.2) is 59.3 Å². The van der Waals surface area contributed by atoms with E-state index >= 15 is 0 Å². The molecule has 6 rings (SSSR count). The average molecular weight is 333 g/mol. The highest BCUT2D eigenvalue weighted by Gasteiger charge is 2.51. The van der Waals surface area contributed by atoms with Crippen LogP contribution in [0.25, 0.3) is 0 Å². The highest BCUT2D eigenvalue weighted by molar-refractivity contribution is 5.04. The summed E-state index contributed by atoms with van der Waals surface area (Å²) in [6, 6.07) is 2.33. The molecule has 0 radical (unpaired) electrons. The van der Waals surface area contributed by atoms with Crippen molar-refractivity contribution < 1.29 is 5.11 Å². The van der Waals surface area contributed by atoms with E-state index in [-0.39, 0.29) is 0 Å². The fourth-order valence-corrected chi connectivity index (χ4v) is 7.78. The highest BCUT2D eigenvalue weighted by atomic mass is 16.3. The van der Waals surface area contributed by atoms with Crippen molar-refractivity contribution in [1.29, 1.82) is 0 Å². The van der Waals surface area contributed by atoms with Crippen molar-refractivity contribution in [3.63, 3.8) is 0 Å². The molecule has 1 N–H and O–H groups in total. The monoisotopic (exact) mass is 332 g/mol. The molecule has 0 amide bonds. The molecule has 4 bridgehead atoms. The van der Waals surface area contributed by atoms with Crippen LogP contribution in [0.1, 0.15) is 64.2 Å². The van der Waals surface area contributed by atoms with E-state index < -0.39 is 0 Å². The van der Waals surface area contributed by atoms with Crippen LogP contribution in [-0.2, 0) is 0 Å². The normalized spacial score (nSPS) is 46.9. The summed E-state index contributed by atoms with van der Waals surface area (Å²) in [5, 5.41) is 9.63. The lowest BCUT2D eigenvalue weighted by Crippen LogP contribution is -2.63. The minimum atomic E-state index is 0.364. The van der Waals surface area contributed by atoms with E-state index in [1.165, 1.54) is 71.0 Å². The Kier molecular flexibility index (Phi) is 4.39. The van der Waals surface area contributed by atoms with Gasteiger partial charge < -0.3 is 5.11 Å². The molecule has 1 aliphatic heterocycles. The second-order valence-corrected chi connectivity index (χ2v) is 9.76. The summed E-state index contributed by atoms with van der Waals surface area (Å²) >= 11 is 0. The number of hydrogen-bond donors (Lipinski definition) is 1. The summed E-state index contributed by atoms with van der Waals surface area (Å²) in [4.78, 5) is 5.70. The van der Waals surface area contributed by atoms with Crippen LogP contribution < -0.4 is 0 Å². The molecule has 0 spiro atoms. The van der Waals surface area contributed by atoms with Gasteiger partial charge in [-0.1, -0.05) is 12.8 Å². The number of aliphatic hydroxyl groups excluding tert-OH is 1. The summed E-state index contributed by atoms with van der Waals surface area (Å²) < 4.78 is 0. The van der Waals surface area contributed by atoms with Crippen LogP contribution in [0.2, 0.25) is 0 Å². The third-order valence-corrected chi connectivity index (χ3v) is 8.41. The first-order valence-corrected chi connectivity index (χ1v) is 10.9. The number of hydrogen-bond acceptors (Lipinski definition) is 3. The van der Waals surface area contributed by atoms with Crippen molar-refractivity contribution in [2.75, 3.05) is 26.2 Å². The van der Waals surface area contributed by atoms with Gasteiger partial charge in [-0.15, -0.1) is 0 Å². The predicted molar refractivity (Wildman–Crippen MR) is 96.9 cm³/mol. The standard InChI is InChI=1S/C21H36N2O/c24-8-5-20-14-22(6-7-23(20)19-3-1-2-4-19)21-17-10-15-9-16(12-17)13-18(21)11-15/h15-21,24H,1-14H2. The zero-order valence-corrected chi connectivity index (χ0v) is 15.3. The third-order valence-electron chi connectivity index (χ3n) is 8.41. The van der Waals surface area contributed by atoms with Gasteiger partial charge in [-0.25, -0.2) is 0 Å². The maximum absolute atomic E-state index is 9.63. The SMILES string of the molecule is OCCC1CN(C2C3CC4CC(C3)CC2C4)CCN1C1CCCC1. The molecule has 0 aromatic rings. The van der Waals surface area contributed by atoms with Crippen LogP contribution in [0.15, 0.2) is 0 Å². The Balaban J connectivity index is 1.29. The molecule has 1 saturated heterocycles. The minimum Gasteiger partial charge on any atom is -0.396 e. The van der Waals surface area contributed by atoms with Crippen molar-refractivity contribution in [2.45, 2.75) is 82.3 Å². The van der Waals surface area contributed by atoms with E-state index in [0.29, 0.717) is 12.6 Å².